The fourth-order valence-corrected chi connectivity index (χ4v) is 3.69. The fraction of sp³-hybridized carbons (Fsp3) is 0.625. The van der Waals surface area contributed by atoms with Gasteiger partial charge in [0.05, 0.1) is 17.0 Å². The highest BCUT2D eigenvalue weighted by atomic mass is 32.2. The lowest BCUT2D eigenvalue weighted by Crippen LogP contribution is -2.48. The maximum absolute atomic E-state index is 12.6. The molecule has 0 fully saturated rings. The number of aliphatic hydroxyl groups excluding tert-OH is 1. The van der Waals surface area contributed by atoms with Gasteiger partial charge in [-0.15, -0.1) is 0 Å². The SMILES string of the molecule is CCC(C)(CO)NS(=O)(=O)c1cc(C(C)(C)C)ccc1C. The van der Waals surface area contributed by atoms with E-state index in [9.17, 15) is 13.5 Å². The van der Waals surface area contributed by atoms with E-state index in [1.165, 1.54) is 0 Å². The summed E-state index contributed by atoms with van der Waals surface area (Å²) in [7, 11) is -3.67. The Bertz CT molecular complexity index is 596. The number of aliphatic hydroxyl groups is 1. The number of nitrogens with one attached hydrogen (secondary N) is 1. The molecule has 1 rings (SSSR count). The molecule has 4 nitrogen and oxygen atoms in total. The van der Waals surface area contributed by atoms with Gasteiger partial charge in [-0.05, 0) is 42.9 Å². The van der Waals surface area contributed by atoms with Crippen LogP contribution in [0.4, 0.5) is 0 Å². The number of hydrogen-bond acceptors (Lipinski definition) is 3. The Balaban J connectivity index is 3.32. The molecule has 0 aliphatic rings. The van der Waals surface area contributed by atoms with Crippen molar-refractivity contribution < 1.29 is 13.5 Å². The zero-order valence-electron chi connectivity index (χ0n) is 13.8. The molecular weight excluding hydrogens is 286 g/mol. The highest BCUT2D eigenvalue weighted by Gasteiger charge is 2.30. The van der Waals surface area contributed by atoms with Crippen LogP contribution in [0.15, 0.2) is 23.1 Å². The first kappa shape index (κ1) is 18.1. The van der Waals surface area contributed by atoms with E-state index in [1.54, 1.807) is 19.9 Å². The third-order valence-corrected chi connectivity index (χ3v) is 5.63. The topological polar surface area (TPSA) is 66.4 Å². The van der Waals surface area contributed by atoms with Crippen molar-refractivity contribution >= 4 is 10.0 Å². The van der Waals surface area contributed by atoms with Crippen molar-refractivity contribution in [1.29, 1.82) is 0 Å². The van der Waals surface area contributed by atoms with Gasteiger partial charge in [0, 0.05) is 0 Å². The first-order valence-electron chi connectivity index (χ1n) is 7.21. The third kappa shape index (κ3) is 4.28. The molecule has 120 valence electrons. The van der Waals surface area contributed by atoms with Crippen molar-refractivity contribution in [2.75, 3.05) is 6.61 Å². The van der Waals surface area contributed by atoms with Crippen LogP contribution < -0.4 is 4.72 Å². The van der Waals surface area contributed by atoms with E-state index in [1.807, 2.05) is 39.8 Å². The molecule has 0 bridgehead atoms. The summed E-state index contributed by atoms with van der Waals surface area (Å²) >= 11 is 0. The van der Waals surface area contributed by atoms with Gasteiger partial charge >= 0.3 is 0 Å². The molecular formula is C16H27NO3S. The molecule has 21 heavy (non-hydrogen) atoms. The van der Waals surface area contributed by atoms with Crippen molar-refractivity contribution in [2.45, 2.75) is 63.8 Å². The molecule has 0 spiro atoms. The predicted molar refractivity (Wildman–Crippen MR) is 86.0 cm³/mol. The molecule has 5 heteroatoms. The standard InChI is InChI=1S/C16H27NO3S/c1-7-16(6,11-18)17-21(19,20)14-10-13(15(3,4)5)9-8-12(14)2/h8-10,17-18H,7,11H2,1-6H3. The lowest BCUT2D eigenvalue weighted by Gasteiger charge is -2.28. The van der Waals surface area contributed by atoms with Crippen LogP contribution in [-0.2, 0) is 15.4 Å². The normalized spacial score (nSPS) is 15.8. The molecule has 0 aliphatic carbocycles. The monoisotopic (exact) mass is 313 g/mol. The largest absolute Gasteiger partial charge is 0.394 e. The Hall–Kier alpha value is -0.910. The molecule has 0 saturated carbocycles. The lowest BCUT2D eigenvalue weighted by molar-refractivity contribution is 0.191. The molecule has 1 aromatic rings. The predicted octanol–water partition coefficient (Wildman–Crippen LogP) is 2.73. The summed E-state index contributed by atoms with van der Waals surface area (Å²) in [5.74, 6) is 0. The molecule has 1 unspecified atom stereocenters. The van der Waals surface area contributed by atoms with Crippen molar-refractivity contribution in [3.05, 3.63) is 29.3 Å². The van der Waals surface area contributed by atoms with Crippen LogP contribution in [0.5, 0.6) is 0 Å². The Kier molecular flexibility index (Phi) is 5.24. The van der Waals surface area contributed by atoms with Gasteiger partial charge in [0.2, 0.25) is 10.0 Å². The summed E-state index contributed by atoms with van der Waals surface area (Å²) in [4.78, 5) is 0.281. The summed E-state index contributed by atoms with van der Waals surface area (Å²) in [6.45, 7) is 11.2. The summed E-state index contributed by atoms with van der Waals surface area (Å²) in [6, 6.07) is 5.52. The van der Waals surface area contributed by atoms with Crippen LogP contribution >= 0.6 is 0 Å². The highest BCUT2D eigenvalue weighted by Crippen LogP contribution is 2.27. The van der Waals surface area contributed by atoms with Gasteiger partial charge in [-0.25, -0.2) is 13.1 Å². The average molecular weight is 313 g/mol. The van der Waals surface area contributed by atoms with Gasteiger partial charge in [-0.2, -0.15) is 0 Å². The summed E-state index contributed by atoms with van der Waals surface area (Å²) in [5, 5.41) is 9.42. The summed E-state index contributed by atoms with van der Waals surface area (Å²) in [5.41, 5.74) is 0.703. The second-order valence-corrected chi connectivity index (χ2v) is 8.56. The van der Waals surface area contributed by atoms with Gasteiger partial charge in [0.1, 0.15) is 0 Å². The first-order valence-corrected chi connectivity index (χ1v) is 8.69. The van der Waals surface area contributed by atoms with Gasteiger partial charge in [0.25, 0.3) is 0 Å². The van der Waals surface area contributed by atoms with Crippen molar-refractivity contribution in [3.8, 4) is 0 Å². The number of benzene rings is 1. The van der Waals surface area contributed by atoms with E-state index in [4.69, 9.17) is 0 Å². The minimum absolute atomic E-state index is 0.122. The molecule has 0 amide bonds. The maximum atomic E-state index is 12.6. The van der Waals surface area contributed by atoms with Gasteiger partial charge < -0.3 is 5.11 Å². The molecule has 0 aromatic heterocycles. The number of aryl methyl sites for hydroxylation is 1. The fourth-order valence-electron chi connectivity index (χ4n) is 1.95. The Labute approximate surface area is 128 Å². The zero-order valence-corrected chi connectivity index (χ0v) is 14.6. The van der Waals surface area contributed by atoms with E-state index in [-0.39, 0.29) is 16.9 Å². The third-order valence-electron chi connectivity index (χ3n) is 3.85. The minimum Gasteiger partial charge on any atom is -0.394 e. The molecule has 0 radical (unpaired) electrons. The number of sulfonamides is 1. The second-order valence-electron chi connectivity index (χ2n) is 6.91. The van der Waals surface area contributed by atoms with Crippen LogP contribution in [0.25, 0.3) is 0 Å². The van der Waals surface area contributed by atoms with Gasteiger partial charge in [-0.1, -0.05) is 39.8 Å². The maximum Gasteiger partial charge on any atom is 0.241 e. The molecule has 0 heterocycles. The minimum atomic E-state index is -3.67. The van der Waals surface area contributed by atoms with Crippen LogP contribution in [-0.4, -0.2) is 25.7 Å². The van der Waals surface area contributed by atoms with E-state index in [2.05, 4.69) is 4.72 Å². The quantitative estimate of drug-likeness (QED) is 0.878. The van der Waals surface area contributed by atoms with E-state index in [0.29, 0.717) is 12.0 Å². The van der Waals surface area contributed by atoms with E-state index >= 15 is 0 Å². The second kappa shape index (κ2) is 6.07. The average Bonchev–Trinajstić information content (AvgIpc) is 2.37. The smallest absolute Gasteiger partial charge is 0.241 e. The Morgan fingerprint density at radius 2 is 1.76 bits per heavy atom. The van der Waals surface area contributed by atoms with Crippen LogP contribution in [0.1, 0.15) is 52.2 Å². The van der Waals surface area contributed by atoms with Crippen LogP contribution in [0.2, 0.25) is 0 Å². The van der Waals surface area contributed by atoms with E-state index in [0.717, 1.165) is 5.56 Å². The van der Waals surface area contributed by atoms with Gasteiger partial charge in [0.15, 0.2) is 0 Å². The summed E-state index contributed by atoms with van der Waals surface area (Å²) in [6.07, 6.45) is 0.515. The van der Waals surface area contributed by atoms with Gasteiger partial charge in [-0.3, -0.25) is 0 Å². The Morgan fingerprint density at radius 1 is 1.19 bits per heavy atom. The summed E-state index contributed by atoms with van der Waals surface area (Å²) < 4.78 is 27.9. The highest BCUT2D eigenvalue weighted by molar-refractivity contribution is 7.89. The first-order chi connectivity index (χ1) is 9.45. The Morgan fingerprint density at radius 3 is 2.19 bits per heavy atom. The number of hydrogen-bond donors (Lipinski definition) is 2. The molecule has 0 saturated heterocycles. The van der Waals surface area contributed by atoms with Crippen LogP contribution in [0, 0.1) is 6.92 Å². The van der Waals surface area contributed by atoms with Crippen molar-refractivity contribution in [2.24, 2.45) is 0 Å². The van der Waals surface area contributed by atoms with Crippen molar-refractivity contribution in [3.63, 3.8) is 0 Å². The van der Waals surface area contributed by atoms with E-state index < -0.39 is 15.6 Å². The molecule has 0 aliphatic heterocycles. The van der Waals surface area contributed by atoms with Crippen LogP contribution in [0.3, 0.4) is 0 Å². The zero-order chi connectivity index (χ0) is 16.5. The molecule has 2 N–H and O–H groups in total. The lowest BCUT2D eigenvalue weighted by atomic mass is 9.87. The molecule has 1 aromatic carbocycles. The molecule has 1 atom stereocenters. The van der Waals surface area contributed by atoms with Crippen molar-refractivity contribution in [1.82, 2.24) is 4.72 Å². The number of rotatable bonds is 5.